The van der Waals surface area contributed by atoms with Crippen molar-refractivity contribution in [2.75, 3.05) is 45.9 Å². The van der Waals surface area contributed by atoms with Crippen molar-refractivity contribution in [3.63, 3.8) is 0 Å². The fourth-order valence-corrected chi connectivity index (χ4v) is 7.60. The van der Waals surface area contributed by atoms with Crippen LogP contribution in [-0.4, -0.2) is 97.7 Å². The standard InChI is InChI=1S/C30H27BrN4O5S4/c1-2-40-22-8-6-19(7-9-22)15-23-27(38)34(29(41)43-23)17-25(36)32-10-12-33(13-11-32)26(37)18-35-28(39)24(44-30(35)42)16-20-4-3-5-21(31)14-20/h3-9,14-16H,2,10-13,17-18H2,1H3. The molecule has 3 saturated heterocycles. The highest BCUT2D eigenvalue weighted by molar-refractivity contribution is 9.10. The second kappa shape index (κ2) is 14.4. The lowest BCUT2D eigenvalue weighted by molar-refractivity contribution is -0.141. The lowest BCUT2D eigenvalue weighted by Crippen LogP contribution is -2.54. The molecule has 0 bridgehead atoms. The Morgan fingerprint density at radius 1 is 0.818 bits per heavy atom. The second-order valence-corrected chi connectivity index (χ2v) is 14.1. The molecule has 0 radical (unpaired) electrons. The Balaban J connectivity index is 1.12. The topological polar surface area (TPSA) is 90.5 Å². The molecule has 3 aliphatic heterocycles. The summed E-state index contributed by atoms with van der Waals surface area (Å²) in [5, 5.41) is 0. The summed E-state index contributed by atoms with van der Waals surface area (Å²) < 4.78 is 7.01. The van der Waals surface area contributed by atoms with Crippen molar-refractivity contribution in [1.29, 1.82) is 0 Å². The van der Waals surface area contributed by atoms with E-state index in [1.54, 1.807) is 22.0 Å². The van der Waals surface area contributed by atoms with Crippen LogP contribution in [0.15, 0.2) is 62.8 Å². The molecule has 5 rings (SSSR count). The predicted molar refractivity (Wildman–Crippen MR) is 185 cm³/mol. The number of nitrogens with zero attached hydrogens (tertiary/aromatic N) is 4. The first kappa shape index (κ1) is 32.4. The first-order valence-corrected chi connectivity index (χ1v) is 16.9. The van der Waals surface area contributed by atoms with Crippen LogP contribution in [0.4, 0.5) is 0 Å². The first-order chi connectivity index (χ1) is 21.1. The molecule has 2 aromatic carbocycles. The molecule has 2 aromatic rings. The minimum absolute atomic E-state index is 0.161. The van der Waals surface area contributed by atoms with Gasteiger partial charge < -0.3 is 14.5 Å². The minimum Gasteiger partial charge on any atom is -0.494 e. The van der Waals surface area contributed by atoms with Crippen molar-refractivity contribution in [3.8, 4) is 5.75 Å². The Kier molecular flexibility index (Phi) is 10.6. The van der Waals surface area contributed by atoms with Crippen molar-refractivity contribution in [2.24, 2.45) is 0 Å². The molecule has 44 heavy (non-hydrogen) atoms. The van der Waals surface area contributed by atoms with Crippen LogP contribution in [0.3, 0.4) is 0 Å². The van der Waals surface area contributed by atoms with Gasteiger partial charge in [0.05, 0.1) is 16.4 Å². The SMILES string of the molecule is CCOc1ccc(C=C2SC(=S)N(CC(=O)N3CCN(C(=O)CN4C(=O)C(=Cc5cccc(Br)c5)SC4=S)CC3)C2=O)cc1. The van der Waals surface area contributed by atoms with Crippen LogP contribution in [-0.2, 0) is 19.2 Å². The molecule has 3 heterocycles. The largest absolute Gasteiger partial charge is 0.494 e. The molecule has 0 unspecified atom stereocenters. The number of carbonyl (C=O) groups is 4. The maximum Gasteiger partial charge on any atom is 0.266 e. The number of hydrogen-bond acceptors (Lipinski definition) is 9. The Labute approximate surface area is 282 Å². The van der Waals surface area contributed by atoms with Gasteiger partial charge in [-0.3, -0.25) is 29.0 Å². The van der Waals surface area contributed by atoms with Crippen molar-refractivity contribution in [3.05, 3.63) is 73.9 Å². The van der Waals surface area contributed by atoms with Crippen molar-refractivity contribution < 1.29 is 23.9 Å². The molecule has 3 fully saturated rings. The van der Waals surface area contributed by atoms with E-state index in [0.717, 1.165) is 33.1 Å². The lowest BCUT2D eigenvalue weighted by Gasteiger charge is -2.36. The van der Waals surface area contributed by atoms with Gasteiger partial charge in [0.2, 0.25) is 11.8 Å². The first-order valence-electron chi connectivity index (χ1n) is 13.7. The van der Waals surface area contributed by atoms with Gasteiger partial charge in [0.1, 0.15) is 27.5 Å². The number of thioether (sulfide) groups is 2. The van der Waals surface area contributed by atoms with Gasteiger partial charge in [-0.25, -0.2) is 0 Å². The number of carbonyl (C=O) groups excluding carboxylic acids is 4. The molecule has 3 aliphatic rings. The zero-order chi connectivity index (χ0) is 31.4. The zero-order valence-electron chi connectivity index (χ0n) is 23.6. The third kappa shape index (κ3) is 7.60. The van der Waals surface area contributed by atoms with Crippen LogP contribution in [0.5, 0.6) is 5.75 Å². The number of benzene rings is 2. The molecule has 228 valence electrons. The molecule has 0 spiro atoms. The van der Waals surface area contributed by atoms with Gasteiger partial charge in [0.15, 0.2) is 0 Å². The summed E-state index contributed by atoms with van der Waals surface area (Å²) in [5.74, 6) is -0.357. The third-order valence-electron chi connectivity index (χ3n) is 6.95. The van der Waals surface area contributed by atoms with Gasteiger partial charge >= 0.3 is 0 Å². The molecular formula is C30H27BrN4O5S4. The highest BCUT2D eigenvalue weighted by Crippen LogP contribution is 2.34. The van der Waals surface area contributed by atoms with Crippen LogP contribution in [0, 0.1) is 0 Å². The van der Waals surface area contributed by atoms with E-state index in [2.05, 4.69) is 15.9 Å². The smallest absolute Gasteiger partial charge is 0.266 e. The van der Waals surface area contributed by atoms with Gasteiger partial charge in [0.25, 0.3) is 11.8 Å². The monoisotopic (exact) mass is 730 g/mol. The predicted octanol–water partition coefficient (Wildman–Crippen LogP) is 4.62. The van der Waals surface area contributed by atoms with Gasteiger partial charge in [0, 0.05) is 30.7 Å². The van der Waals surface area contributed by atoms with Gasteiger partial charge in [-0.2, -0.15) is 0 Å². The number of hydrogen-bond donors (Lipinski definition) is 0. The summed E-state index contributed by atoms with van der Waals surface area (Å²) in [5.41, 5.74) is 1.68. The van der Waals surface area contributed by atoms with E-state index in [1.807, 2.05) is 55.5 Å². The molecule has 4 amide bonds. The highest BCUT2D eigenvalue weighted by atomic mass is 79.9. The van der Waals surface area contributed by atoms with E-state index in [9.17, 15) is 19.2 Å². The van der Waals surface area contributed by atoms with Crippen molar-refractivity contribution in [1.82, 2.24) is 19.6 Å². The molecule has 0 atom stereocenters. The number of ether oxygens (including phenoxy) is 1. The average Bonchev–Trinajstić information content (AvgIpc) is 3.42. The quantitative estimate of drug-likeness (QED) is 0.285. The van der Waals surface area contributed by atoms with Crippen LogP contribution in [0.25, 0.3) is 12.2 Å². The summed E-state index contributed by atoms with van der Waals surface area (Å²) in [6.45, 7) is 3.38. The molecular weight excluding hydrogens is 705 g/mol. The zero-order valence-corrected chi connectivity index (χ0v) is 28.4. The van der Waals surface area contributed by atoms with Gasteiger partial charge in [-0.1, -0.05) is 88.2 Å². The maximum atomic E-state index is 13.1. The fourth-order valence-electron chi connectivity index (χ4n) is 4.67. The van der Waals surface area contributed by atoms with E-state index >= 15 is 0 Å². The molecule has 0 aliphatic carbocycles. The van der Waals surface area contributed by atoms with E-state index in [1.165, 1.54) is 21.6 Å². The summed E-state index contributed by atoms with van der Waals surface area (Å²) in [4.78, 5) is 59.0. The van der Waals surface area contributed by atoms with E-state index in [-0.39, 0.29) is 36.7 Å². The molecule has 0 saturated carbocycles. The second-order valence-electron chi connectivity index (χ2n) is 9.85. The van der Waals surface area contributed by atoms with Crippen LogP contribution in [0.2, 0.25) is 0 Å². The van der Waals surface area contributed by atoms with Gasteiger partial charge in [-0.05, 0) is 54.5 Å². The normalized spacial score (nSPS) is 19.1. The van der Waals surface area contributed by atoms with Crippen molar-refractivity contribution in [2.45, 2.75) is 6.92 Å². The Morgan fingerprint density at radius 2 is 1.32 bits per heavy atom. The van der Waals surface area contributed by atoms with E-state index < -0.39 is 0 Å². The lowest BCUT2D eigenvalue weighted by atomic mass is 10.2. The van der Waals surface area contributed by atoms with Crippen LogP contribution >= 0.6 is 63.9 Å². The number of piperazine rings is 1. The molecule has 0 N–H and O–H groups in total. The number of amides is 4. The Hall–Kier alpha value is -3.04. The van der Waals surface area contributed by atoms with Crippen LogP contribution in [0.1, 0.15) is 18.1 Å². The summed E-state index contributed by atoms with van der Waals surface area (Å²) in [6.07, 6.45) is 3.51. The fraction of sp³-hybridized carbons (Fsp3) is 0.267. The number of thiocarbonyl (C=S) groups is 2. The van der Waals surface area contributed by atoms with Gasteiger partial charge in [-0.15, -0.1) is 0 Å². The molecule has 14 heteroatoms. The Bertz CT molecular complexity index is 1590. The summed E-state index contributed by atoms with van der Waals surface area (Å²) in [7, 11) is 0. The minimum atomic E-state index is -0.312. The van der Waals surface area contributed by atoms with E-state index in [4.69, 9.17) is 29.2 Å². The van der Waals surface area contributed by atoms with Crippen molar-refractivity contribution >= 4 is 108 Å². The average molecular weight is 732 g/mol. The molecule has 0 aromatic heterocycles. The Morgan fingerprint density at radius 3 is 1.80 bits per heavy atom. The molecule has 9 nitrogen and oxygen atoms in total. The summed E-state index contributed by atoms with van der Waals surface area (Å²) in [6, 6.07) is 14.9. The van der Waals surface area contributed by atoms with Crippen LogP contribution < -0.4 is 4.74 Å². The third-order valence-corrected chi connectivity index (χ3v) is 10.2. The maximum absolute atomic E-state index is 13.1. The number of halogens is 1. The highest BCUT2D eigenvalue weighted by Gasteiger charge is 2.37. The van der Waals surface area contributed by atoms with E-state index in [0.29, 0.717) is 51.2 Å². The number of rotatable bonds is 8. The summed E-state index contributed by atoms with van der Waals surface area (Å²) >= 11 is 16.6.